The molecule has 4 rings (SSSR count). The van der Waals surface area contributed by atoms with Gasteiger partial charge in [0.1, 0.15) is 5.76 Å². The van der Waals surface area contributed by atoms with Crippen LogP contribution in [0.15, 0.2) is 35.6 Å². The molecule has 2 atom stereocenters. The highest BCUT2D eigenvalue weighted by atomic mass is 16.7. The van der Waals surface area contributed by atoms with E-state index in [9.17, 15) is 4.79 Å². The molecular formula is C22H32N2O3. The maximum atomic E-state index is 11.9. The van der Waals surface area contributed by atoms with E-state index in [1.165, 1.54) is 16.9 Å². The Hall–Kier alpha value is -1.85. The molecule has 0 bridgehead atoms. The molecule has 0 spiro atoms. The minimum Gasteiger partial charge on any atom is -0.470 e. The molecule has 1 aromatic rings. The van der Waals surface area contributed by atoms with Gasteiger partial charge in [-0.3, -0.25) is 4.79 Å². The summed E-state index contributed by atoms with van der Waals surface area (Å²) in [6, 6.07) is 8.39. The molecule has 2 heterocycles. The van der Waals surface area contributed by atoms with Crippen molar-refractivity contribution in [1.29, 1.82) is 0 Å². The summed E-state index contributed by atoms with van der Waals surface area (Å²) in [4.78, 5) is 11.9. The van der Waals surface area contributed by atoms with Crippen molar-refractivity contribution in [1.82, 2.24) is 10.6 Å². The fourth-order valence-electron chi connectivity index (χ4n) is 3.39. The number of hydrogen-bond acceptors (Lipinski definition) is 4. The number of carbonyl (C=O) groups excluding carboxylic acids is 1. The van der Waals surface area contributed by atoms with Crippen molar-refractivity contribution in [2.75, 3.05) is 19.9 Å². The van der Waals surface area contributed by atoms with Crippen LogP contribution < -0.4 is 10.6 Å². The molecular weight excluding hydrogens is 340 g/mol. The van der Waals surface area contributed by atoms with Crippen LogP contribution >= 0.6 is 0 Å². The van der Waals surface area contributed by atoms with Gasteiger partial charge in [0.25, 0.3) is 5.91 Å². The first-order valence-electron chi connectivity index (χ1n) is 9.66. The molecule has 5 nitrogen and oxygen atoms in total. The van der Waals surface area contributed by atoms with E-state index >= 15 is 0 Å². The zero-order valence-corrected chi connectivity index (χ0v) is 17.3. The fraction of sp³-hybridized carbons (Fsp3) is 0.591. The molecule has 1 aromatic carbocycles. The Morgan fingerprint density at radius 1 is 1.11 bits per heavy atom. The molecule has 0 radical (unpaired) electrons. The van der Waals surface area contributed by atoms with Crippen LogP contribution in [0.4, 0.5) is 0 Å². The summed E-state index contributed by atoms with van der Waals surface area (Å²) < 4.78 is 10.5. The molecule has 1 saturated heterocycles. The van der Waals surface area contributed by atoms with Gasteiger partial charge in [-0.15, -0.1) is 0 Å². The summed E-state index contributed by atoms with van der Waals surface area (Å²) in [5, 5.41) is 6.26. The van der Waals surface area contributed by atoms with Crippen LogP contribution in [-0.2, 0) is 14.9 Å². The average Bonchev–Trinajstić information content (AvgIpc) is 2.54. The number of ether oxygens (including phenoxy) is 2. The normalized spacial score (nSPS) is 23.5. The monoisotopic (exact) mass is 372 g/mol. The summed E-state index contributed by atoms with van der Waals surface area (Å²) in [5.74, 6) is 1.90. The van der Waals surface area contributed by atoms with Crippen LogP contribution in [0.2, 0.25) is 0 Å². The Labute approximate surface area is 162 Å². The third kappa shape index (κ3) is 4.53. The van der Waals surface area contributed by atoms with Gasteiger partial charge in [-0.1, -0.05) is 32.9 Å². The molecule has 2 unspecified atom stereocenters. The van der Waals surface area contributed by atoms with Gasteiger partial charge in [0.2, 0.25) is 0 Å². The lowest BCUT2D eigenvalue weighted by Crippen LogP contribution is -2.63. The van der Waals surface area contributed by atoms with Crippen LogP contribution in [0.3, 0.4) is 0 Å². The van der Waals surface area contributed by atoms with Crippen molar-refractivity contribution < 1.29 is 14.3 Å². The van der Waals surface area contributed by atoms with E-state index in [4.69, 9.17) is 9.47 Å². The van der Waals surface area contributed by atoms with E-state index < -0.39 is 0 Å². The van der Waals surface area contributed by atoms with Gasteiger partial charge < -0.3 is 20.1 Å². The first-order chi connectivity index (χ1) is 12.6. The number of rotatable bonds is 1. The molecule has 3 aliphatic rings. The first kappa shape index (κ1) is 19.9. The van der Waals surface area contributed by atoms with E-state index in [1.54, 1.807) is 0 Å². The number of fused-ring (bicyclic) bond motifs is 3. The van der Waals surface area contributed by atoms with Gasteiger partial charge >= 0.3 is 0 Å². The van der Waals surface area contributed by atoms with Crippen molar-refractivity contribution in [3.63, 3.8) is 0 Å². The van der Waals surface area contributed by atoms with Crippen molar-refractivity contribution in [3.05, 3.63) is 46.7 Å². The minimum absolute atomic E-state index is 0.0158. The molecule has 5 heteroatoms. The van der Waals surface area contributed by atoms with Crippen LogP contribution in [0.5, 0.6) is 0 Å². The lowest BCUT2D eigenvalue weighted by atomic mass is 9.72. The highest BCUT2D eigenvalue weighted by molar-refractivity contribution is 5.94. The van der Waals surface area contributed by atoms with Crippen molar-refractivity contribution in [2.45, 2.75) is 58.5 Å². The predicted octanol–water partition coefficient (Wildman–Crippen LogP) is 3.36. The van der Waals surface area contributed by atoms with E-state index in [-0.39, 0.29) is 16.9 Å². The Morgan fingerprint density at radius 2 is 1.78 bits per heavy atom. The molecule has 0 saturated carbocycles. The zero-order valence-electron chi connectivity index (χ0n) is 17.3. The minimum atomic E-state index is -0.195. The van der Waals surface area contributed by atoms with Crippen molar-refractivity contribution in [2.24, 2.45) is 5.92 Å². The van der Waals surface area contributed by atoms with Crippen LogP contribution in [0.25, 0.3) is 0 Å². The Morgan fingerprint density at radius 3 is 2.26 bits per heavy atom. The average molecular weight is 373 g/mol. The van der Waals surface area contributed by atoms with Gasteiger partial charge in [0.05, 0.1) is 12.6 Å². The quantitative estimate of drug-likeness (QED) is 0.794. The summed E-state index contributed by atoms with van der Waals surface area (Å²) in [6.45, 7) is 14.8. The van der Waals surface area contributed by atoms with Gasteiger partial charge in [-0.05, 0) is 43.9 Å². The highest BCUT2D eigenvalue weighted by Gasteiger charge is 2.49. The van der Waals surface area contributed by atoms with Gasteiger partial charge in [-0.25, -0.2) is 0 Å². The van der Waals surface area contributed by atoms with E-state index in [0.29, 0.717) is 18.4 Å². The van der Waals surface area contributed by atoms with E-state index in [2.05, 4.69) is 31.4 Å². The second-order valence-electron chi connectivity index (χ2n) is 9.52. The number of nitrogens with one attached hydrogen (secondary N) is 2. The van der Waals surface area contributed by atoms with E-state index in [1.807, 2.05) is 45.0 Å². The molecule has 2 aliphatic heterocycles. The second-order valence-corrected chi connectivity index (χ2v) is 9.52. The fourth-order valence-corrected chi connectivity index (χ4v) is 3.39. The molecule has 1 fully saturated rings. The Balaban J connectivity index is 0.000000174. The molecule has 2 N–H and O–H groups in total. The molecule has 27 heavy (non-hydrogen) atoms. The molecule has 148 valence electrons. The topological polar surface area (TPSA) is 59.6 Å². The molecule has 1 aliphatic carbocycles. The summed E-state index contributed by atoms with van der Waals surface area (Å²) in [6.07, 6.45) is 0. The molecule has 1 amide bonds. The van der Waals surface area contributed by atoms with Crippen LogP contribution in [-0.4, -0.2) is 37.4 Å². The standard InChI is InChI=1S/C15H23NO.C7H9NO2/c1-14(2,3)12-9-7-11(8-10-12)13(17)16-15(4,5)6;1-4-5-2-9-3-10-7(5)6(4)8-1/h7-10H,1-6H3,(H,16,17);4,6,8H,1-3H2. The predicted molar refractivity (Wildman–Crippen MR) is 107 cm³/mol. The second kappa shape index (κ2) is 7.28. The highest BCUT2D eigenvalue weighted by Crippen LogP contribution is 2.42. The summed E-state index contributed by atoms with van der Waals surface area (Å²) in [7, 11) is 0. The van der Waals surface area contributed by atoms with Crippen molar-refractivity contribution in [3.8, 4) is 0 Å². The van der Waals surface area contributed by atoms with E-state index in [0.717, 1.165) is 19.1 Å². The van der Waals surface area contributed by atoms with Gasteiger partial charge in [0.15, 0.2) is 6.79 Å². The maximum absolute atomic E-state index is 11.9. The molecule has 0 aromatic heterocycles. The van der Waals surface area contributed by atoms with Crippen LogP contribution in [0, 0.1) is 5.92 Å². The van der Waals surface area contributed by atoms with Crippen LogP contribution in [0.1, 0.15) is 57.5 Å². The van der Waals surface area contributed by atoms with Gasteiger partial charge in [-0.2, -0.15) is 0 Å². The lowest BCUT2D eigenvalue weighted by molar-refractivity contribution is -0.0793. The smallest absolute Gasteiger partial charge is 0.251 e. The Bertz CT molecular complexity index is 701. The largest absolute Gasteiger partial charge is 0.470 e. The first-order valence-corrected chi connectivity index (χ1v) is 9.66. The zero-order chi connectivity index (χ0) is 19.8. The van der Waals surface area contributed by atoms with Crippen molar-refractivity contribution >= 4 is 5.91 Å². The number of benzene rings is 1. The summed E-state index contributed by atoms with van der Waals surface area (Å²) >= 11 is 0. The third-order valence-corrected chi connectivity index (χ3v) is 5.06. The van der Waals surface area contributed by atoms with Gasteiger partial charge in [0, 0.05) is 29.1 Å². The number of carbonyl (C=O) groups is 1. The maximum Gasteiger partial charge on any atom is 0.251 e. The SMILES string of the molecule is C1OCC2=C(O1)C1NCC21.CC(C)(C)NC(=O)c1ccc(C(C)(C)C)cc1. The number of hydrogen-bond donors (Lipinski definition) is 2. The lowest BCUT2D eigenvalue weighted by Gasteiger charge is -2.51. The summed E-state index contributed by atoms with van der Waals surface area (Å²) in [5.41, 5.74) is 3.28. The third-order valence-electron chi connectivity index (χ3n) is 5.06. The number of amides is 1. The Kier molecular flexibility index (Phi) is 5.37.